The summed E-state index contributed by atoms with van der Waals surface area (Å²) in [5.74, 6) is 0. The van der Waals surface area contributed by atoms with E-state index in [0.717, 1.165) is 0 Å². The summed E-state index contributed by atoms with van der Waals surface area (Å²) in [6.07, 6.45) is 0. The molecule has 2 aliphatic heterocycles. The number of hydrogen-bond acceptors (Lipinski definition) is 0. The first kappa shape index (κ1) is 23.4. The van der Waals surface area contributed by atoms with Crippen molar-refractivity contribution in [1.29, 1.82) is 0 Å². The minimum atomic E-state index is 0.0708. The van der Waals surface area contributed by atoms with Crippen LogP contribution >= 0.6 is 0 Å². The van der Waals surface area contributed by atoms with Crippen LogP contribution in [-0.4, -0.2) is 20.4 Å². The summed E-state index contributed by atoms with van der Waals surface area (Å²) in [6.45, 7) is 0.0708. The van der Waals surface area contributed by atoms with Gasteiger partial charge >= 0.3 is 0 Å². The standard InChI is InChI=1S/C42H24BN3/c1-2-12-25(13-3-1)44-33-18-8-5-15-27(33)30-24-31-28-16-6-10-20-35(28)46-37-23-22-29-26-14-4-9-19-34(26)45-36-21-11-7-17-32(36)43(38(37)40(29)45)39(41(30)44)42(31)46/h1-24H. The van der Waals surface area contributed by atoms with E-state index >= 15 is 0 Å². The van der Waals surface area contributed by atoms with Gasteiger partial charge in [0.2, 0.25) is 0 Å². The predicted molar refractivity (Wildman–Crippen MR) is 194 cm³/mol. The highest BCUT2D eigenvalue weighted by Gasteiger charge is 2.42. The van der Waals surface area contributed by atoms with Gasteiger partial charge in [-0.05, 0) is 64.9 Å². The maximum atomic E-state index is 2.58. The zero-order valence-electron chi connectivity index (χ0n) is 24.8. The van der Waals surface area contributed by atoms with Crippen molar-refractivity contribution in [3.05, 3.63) is 146 Å². The van der Waals surface area contributed by atoms with Crippen molar-refractivity contribution in [3.8, 4) is 17.1 Å². The van der Waals surface area contributed by atoms with Gasteiger partial charge < -0.3 is 13.7 Å². The van der Waals surface area contributed by atoms with Crippen LogP contribution in [0.3, 0.4) is 0 Å². The molecule has 10 aromatic rings. The fourth-order valence-electron chi connectivity index (χ4n) is 9.17. The number of benzene rings is 7. The molecule has 0 saturated carbocycles. The molecule has 0 saturated heterocycles. The zero-order chi connectivity index (χ0) is 29.7. The molecule has 0 amide bonds. The normalized spacial score (nSPS) is 13.2. The summed E-state index contributed by atoms with van der Waals surface area (Å²) >= 11 is 0. The Bertz CT molecular complexity index is 2980. The fourth-order valence-corrected chi connectivity index (χ4v) is 9.17. The Morgan fingerprint density at radius 3 is 1.59 bits per heavy atom. The molecule has 0 bridgehead atoms. The van der Waals surface area contributed by atoms with Gasteiger partial charge in [0.1, 0.15) is 0 Å². The third-order valence-electron chi connectivity index (χ3n) is 10.8. The molecule has 4 heteroatoms. The fraction of sp³-hybridized carbons (Fsp3) is 0. The van der Waals surface area contributed by atoms with Gasteiger partial charge in [0.15, 0.2) is 0 Å². The highest BCUT2D eigenvalue weighted by molar-refractivity contribution is 7.01. The van der Waals surface area contributed by atoms with Crippen LogP contribution in [-0.2, 0) is 0 Å². The summed E-state index contributed by atoms with van der Waals surface area (Å²) in [4.78, 5) is 0. The molecule has 0 radical (unpaired) electrons. The lowest BCUT2D eigenvalue weighted by molar-refractivity contribution is 1.15. The molecule has 210 valence electrons. The van der Waals surface area contributed by atoms with Gasteiger partial charge in [-0.1, -0.05) is 97.1 Å². The largest absolute Gasteiger partial charge is 0.310 e. The van der Waals surface area contributed by atoms with Gasteiger partial charge in [-0.3, -0.25) is 0 Å². The quantitative estimate of drug-likeness (QED) is 0.174. The first-order valence-corrected chi connectivity index (χ1v) is 16.1. The highest BCUT2D eigenvalue weighted by Crippen LogP contribution is 2.43. The third kappa shape index (κ3) is 2.54. The molecule has 2 aliphatic rings. The molecule has 3 nitrogen and oxygen atoms in total. The lowest BCUT2D eigenvalue weighted by atomic mass is 9.34. The van der Waals surface area contributed by atoms with Crippen LogP contribution in [0, 0.1) is 0 Å². The van der Waals surface area contributed by atoms with Crippen molar-refractivity contribution in [2.45, 2.75) is 0 Å². The van der Waals surface area contributed by atoms with Crippen LogP contribution in [0.2, 0.25) is 0 Å². The summed E-state index contributed by atoms with van der Waals surface area (Å²) in [5.41, 5.74) is 15.6. The van der Waals surface area contributed by atoms with E-state index in [-0.39, 0.29) is 6.71 Å². The van der Waals surface area contributed by atoms with Crippen molar-refractivity contribution in [3.63, 3.8) is 0 Å². The van der Waals surface area contributed by atoms with Gasteiger partial charge in [-0.15, -0.1) is 0 Å². The molecule has 0 atom stereocenters. The average Bonchev–Trinajstić information content (AvgIpc) is 3.76. The molecule has 7 aromatic carbocycles. The van der Waals surface area contributed by atoms with Crippen LogP contribution in [0.4, 0.5) is 0 Å². The minimum absolute atomic E-state index is 0.0708. The Morgan fingerprint density at radius 1 is 0.348 bits per heavy atom. The minimum Gasteiger partial charge on any atom is -0.310 e. The topological polar surface area (TPSA) is 14.8 Å². The van der Waals surface area contributed by atoms with Gasteiger partial charge in [-0.25, -0.2) is 0 Å². The summed E-state index contributed by atoms with van der Waals surface area (Å²) in [6, 6.07) is 54.1. The second-order valence-corrected chi connectivity index (χ2v) is 12.9. The molecule has 12 rings (SSSR count). The second kappa shape index (κ2) is 7.98. The van der Waals surface area contributed by atoms with E-state index < -0.39 is 0 Å². The number of aromatic nitrogens is 3. The second-order valence-electron chi connectivity index (χ2n) is 12.9. The van der Waals surface area contributed by atoms with E-state index in [9.17, 15) is 0 Å². The molecule has 0 aliphatic carbocycles. The molecule has 0 N–H and O–H groups in total. The smallest absolute Gasteiger partial charge is 0.254 e. The molecule has 5 heterocycles. The van der Waals surface area contributed by atoms with Crippen LogP contribution < -0.4 is 16.4 Å². The molecular formula is C42H24BN3. The van der Waals surface area contributed by atoms with Crippen LogP contribution in [0.25, 0.3) is 82.5 Å². The SMILES string of the molecule is c1ccc(-n2c3ccccc3c3cc4c5ccccc5n5c4c(c32)B2c3ccccc3-n3c4ccccc4c4ccc-5c2c43)cc1. The number of nitrogens with zero attached hydrogens (tertiary/aromatic N) is 3. The van der Waals surface area contributed by atoms with Crippen molar-refractivity contribution in [2.75, 3.05) is 0 Å². The maximum Gasteiger partial charge on any atom is 0.254 e. The van der Waals surface area contributed by atoms with Crippen molar-refractivity contribution < 1.29 is 0 Å². The predicted octanol–water partition coefficient (Wildman–Crippen LogP) is 8.12. The summed E-state index contributed by atoms with van der Waals surface area (Å²) in [7, 11) is 0. The highest BCUT2D eigenvalue weighted by atomic mass is 15.0. The van der Waals surface area contributed by atoms with E-state index in [1.165, 1.54) is 98.9 Å². The number of hydrogen-bond donors (Lipinski definition) is 0. The molecule has 3 aromatic heterocycles. The summed E-state index contributed by atoms with van der Waals surface area (Å²) in [5, 5.41) is 7.85. The Balaban J connectivity index is 1.42. The molecular weight excluding hydrogens is 557 g/mol. The van der Waals surface area contributed by atoms with Gasteiger partial charge in [0.05, 0.1) is 33.1 Å². The van der Waals surface area contributed by atoms with E-state index in [0.29, 0.717) is 0 Å². The van der Waals surface area contributed by atoms with E-state index in [4.69, 9.17) is 0 Å². The Kier molecular flexibility index (Phi) is 4.06. The molecule has 46 heavy (non-hydrogen) atoms. The zero-order valence-corrected chi connectivity index (χ0v) is 24.8. The lowest BCUT2D eigenvalue weighted by Gasteiger charge is -2.33. The Hall–Kier alpha value is -6.00. The third-order valence-corrected chi connectivity index (χ3v) is 10.8. The molecule has 0 spiro atoms. The maximum absolute atomic E-state index is 2.58. The van der Waals surface area contributed by atoms with E-state index in [1.54, 1.807) is 0 Å². The first-order chi connectivity index (χ1) is 22.9. The van der Waals surface area contributed by atoms with E-state index in [1.807, 2.05) is 0 Å². The van der Waals surface area contributed by atoms with Crippen molar-refractivity contribution >= 4 is 88.5 Å². The summed E-state index contributed by atoms with van der Waals surface area (Å²) < 4.78 is 7.64. The van der Waals surface area contributed by atoms with Gasteiger partial charge in [0, 0.05) is 49.4 Å². The number of para-hydroxylation sites is 5. The number of fused-ring (bicyclic) bond motifs is 15. The van der Waals surface area contributed by atoms with E-state index in [2.05, 4.69) is 159 Å². The monoisotopic (exact) mass is 581 g/mol. The first-order valence-electron chi connectivity index (χ1n) is 16.1. The van der Waals surface area contributed by atoms with Crippen LogP contribution in [0.15, 0.2) is 146 Å². The lowest BCUT2D eigenvalue weighted by Crippen LogP contribution is -2.59. The molecule has 0 fully saturated rings. The van der Waals surface area contributed by atoms with Crippen LogP contribution in [0.1, 0.15) is 0 Å². The Labute approximate surface area is 264 Å². The Morgan fingerprint density at radius 2 is 0.870 bits per heavy atom. The number of rotatable bonds is 1. The van der Waals surface area contributed by atoms with Gasteiger partial charge in [0.25, 0.3) is 6.71 Å². The van der Waals surface area contributed by atoms with Crippen molar-refractivity contribution in [2.24, 2.45) is 0 Å². The van der Waals surface area contributed by atoms with Gasteiger partial charge in [-0.2, -0.15) is 0 Å². The van der Waals surface area contributed by atoms with Crippen molar-refractivity contribution in [1.82, 2.24) is 13.7 Å². The average molecular weight is 581 g/mol. The van der Waals surface area contributed by atoms with Crippen LogP contribution in [0.5, 0.6) is 0 Å². The molecule has 0 unspecified atom stereocenters.